The van der Waals surface area contributed by atoms with Gasteiger partial charge in [-0.3, -0.25) is 14.5 Å². The molecule has 3 aromatic heterocycles. The number of carbonyl (C=O) groups is 3. The van der Waals surface area contributed by atoms with Gasteiger partial charge >= 0.3 is 11.7 Å². The lowest BCUT2D eigenvalue weighted by Crippen LogP contribution is -2.49. The van der Waals surface area contributed by atoms with E-state index >= 15 is 4.39 Å². The Labute approximate surface area is 401 Å². The van der Waals surface area contributed by atoms with Gasteiger partial charge in [0.25, 0.3) is 5.91 Å². The zero-order valence-corrected chi connectivity index (χ0v) is 39.3. The highest BCUT2D eigenvalue weighted by molar-refractivity contribution is 6.33. The Hall–Kier alpha value is -6.69. The summed E-state index contributed by atoms with van der Waals surface area (Å²) in [7, 11) is 0. The molecule has 1 saturated heterocycles. The molecule has 0 radical (unpaired) electrons. The van der Waals surface area contributed by atoms with Gasteiger partial charge in [-0.25, -0.2) is 28.6 Å². The summed E-state index contributed by atoms with van der Waals surface area (Å²) in [4.78, 5) is 63.2. The first-order valence-electron chi connectivity index (χ1n) is 22.4. The number of phenols is 2. The number of pyridine rings is 1. The molecule has 2 amide bonds. The molecule has 0 unspecified atom stereocenters. The minimum Gasteiger partial charge on any atom is -0.508 e. The largest absolute Gasteiger partial charge is 0.508 e. The summed E-state index contributed by atoms with van der Waals surface area (Å²) >= 11 is 12.8. The molecular formula is C49H52Cl2FN9O7. The molecule has 8 rings (SSSR count). The fourth-order valence-corrected chi connectivity index (χ4v) is 8.80. The SMILES string of the molecule is CC(C)Nc1cc(-c2c[nH]c(C(=O)N[C@H](COC(=O)C3(NC(=O)C4CCN(Cc5ccc(-n6c(-c7cc(C(C)C)c(O)cc7O)n[nH]c6=O)cc5F)CC4)CC3)c3cccc(Cl)c3)c2)c(Cl)cn1. The number of ether oxygens (including phenoxy) is 1. The van der Waals surface area contributed by atoms with E-state index in [2.05, 4.69) is 36.1 Å². The third-order valence-corrected chi connectivity index (χ3v) is 12.8. The van der Waals surface area contributed by atoms with Crippen molar-refractivity contribution < 1.29 is 33.7 Å². The smallest absolute Gasteiger partial charge is 0.348 e. The number of benzene rings is 3. The van der Waals surface area contributed by atoms with Gasteiger partial charge < -0.3 is 35.9 Å². The van der Waals surface area contributed by atoms with Crippen molar-refractivity contribution in [2.75, 3.05) is 25.0 Å². The topological polar surface area (TPSA) is 220 Å². The Morgan fingerprint density at radius 1 is 0.971 bits per heavy atom. The van der Waals surface area contributed by atoms with Crippen LogP contribution >= 0.6 is 23.2 Å². The second kappa shape index (κ2) is 19.9. The number of rotatable bonds is 16. The summed E-state index contributed by atoms with van der Waals surface area (Å²) in [6.07, 6.45) is 4.98. The molecular weight excluding hydrogens is 916 g/mol. The quantitative estimate of drug-likeness (QED) is 0.0461. The number of aromatic nitrogens is 5. The molecule has 1 saturated carbocycles. The van der Waals surface area contributed by atoms with E-state index in [-0.39, 0.29) is 71.2 Å². The molecule has 1 atom stereocenters. The van der Waals surface area contributed by atoms with Gasteiger partial charge in [0.05, 0.1) is 22.3 Å². The van der Waals surface area contributed by atoms with E-state index < -0.39 is 35.0 Å². The number of phenolic OH excluding ortho intramolecular Hbond substituents is 2. The average Bonchev–Trinajstić information content (AvgIpc) is 3.72. The molecule has 68 heavy (non-hydrogen) atoms. The number of anilines is 1. The third-order valence-electron chi connectivity index (χ3n) is 12.3. The summed E-state index contributed by atoms with van der Waals surface area (Å²) in [6.45, 7) is 8.76. The molecule has 1 aliphatic heterocycles. The van der Waals surface area contributed by atoms with Crippen molar-refractivity contribution in [3.05, 3.63) is 128 Å². The van der Waals surface area contributed by atoms with E-state index in [1.165, 1.54) is 12.1 Å². The maximum absolute atomic E-state index is 15.7. The number of H-pyrrole nitrogens is 2. The zero-order chi connectivity index (χ0) is 48.4. The normalized spacial score (nSPS) is 15.3. The van der Waals surface area contributed by atoms with Gasteiger partial charge in [0.2, 0.25) is 5.91 Å². The maximum Gasteiger partial charge on any atom is 0.348 e. The van der Waals surface area contributed by atoms with E-state index in [1.54, 1.807) is 60.9 Å². The molecule has 2 fully saturated rings. The highest BCUT2D eigenvalue weighted by Crippen LogP contribution is 2.39. The summed E-state index contributed by atoms with van der Waals surface area (Å²) in [5.41, 5.74) is 1.71. The standard InChI is InChI=1S/C49H52Cl2FN9O7/c1-26(2)34-19-36(42(63)21-41(34)62)44-58-59-48(67)61(44)33-9-8-30(38(52)18-33)24-60-14-10-28(11-15-60)45(64)57-49(12-13-49)47(66)68-25-40(29-6-5-7-32(50)16-29)56-46(65)39-17-31(22-53-39)35-20-43(55-27(3)4)54-23-37(35)51/h5-9,16-23,26-28,40,53,62-63H,10-15,24-25H2,1-4H3,(H,54,55)(H,56,65)(H,57,64)(H,59,67)/t40-/m1/s1. The highest BCUT2D eigenvalue weighted by Gasteiger charge is 2.53. The zero-order valence-electron chi connectivity index (χ0n) is 37.8. The summed E-state index contributed by atoms with van der Waals surface area (Å²) < 4.78 is 22.7. The predicted molar refractivity (Wildman–Crippen MR) is 256 cm³/mol. The molecule has 0 bridgehead atoms. The lowest BCUT2D eigenvalue weighted by atomic mass is 9.95. The van der Waals surface area contributed by atoms with Crippen molar-refractivity contribution in [3.63, 3.8) is 0 Å². The Bertz CT molecular complexity index is 2920. The fourth-order valence-electron chi connectivity index (χ4n) is 8.39. The van der Waals surface area contributed by atoms with Crippen LogP contribution in [0.5, 0.6) is 11.5 Å². The van der Waals surface area contributed by atoms with E-state index in [9.17, 15) is 29.4 Å². The number of carbonyl (C=O) groups excluding carboxylic acids is 3. The minimum absolute atomic E-state index is 0.0544. The van der Waals surface area contributed by atoms with Crippen LogP contribution in [-0.2, 0) is 20.9 Å². The van der Waals surface area contributed by atoms with Gasteiger partial charge in [-0.2, -0.15) is 5.10 Å². The van der Waals surface area contributed by atoms with Gasteiger partial charge in [-0.1, -0.05) is 55.2 Å². The summed E-state index contributed by atoms with van der Waals surface area (Å²) in [5, 5.41) is 37.5. The Morgan fingerprint density at radius 3 is 2.43 bits per heavy atom. The van der Waals surface area contributed by atoms with Crippen LogP contribution in [0.1, 0.15) is 92.5 Å². The van der Waals surface area contributed by atoms with E-state index in [0.717, 1.165) is 4.57 Å². The molecule has 4 heterocycles. The molecule has 16 nitrogen and oxygen atoms in total. The van der Waals surface area contributed by atoms with Crippen LogP contribution in [0.4, 0.5) is 10.2 Å². The van der Waals surface area contributed by atoms with E-state index in [4.69, 9.17) is 27.9 Å². The first kappa shape index (κ1) is 47.8. The second-order valence-corrected chi connectivity index (χ2v) is 18.8. The van der Waals surface area contributed by atoms with Crippen LogP contribution in [0.3, 0.4) is 0 Å². The Morgan fingerprint density at radius 2 is 1.74 bits per heavy atom. The number of hydrogen-bond donors (Lipinski definition) is 7. The number of nitrogens with one attached hydrogen (secondary N) is 5. The van der Waals surface area contributed by atoms with Gasteiger partial charge in [0.1, 0.15) is 41.0 Å². The third kappa shape index (κ3) is 10.5. The van der Waals surface area contributed by atoms with Crippen molar-refractivity contribution in [1.29, 1.82) is 0 Å². The lowest BCUT2D eigenvalue weighted by molar-refractivity contribution is -0.150. The molecule has 356 valence electrons. The maximum atomic E-state index is 15.7. The van der Waals surface area contributed by atoms with Crippen molar-refractivity contribution in [2.24, 2.45) is 5.92 Å². The Balaban J connectivity index is 0.862. The number of esters is 1. The van der Waals surface area contributed by atoms with Crippen LogP contribution < -0.4 is 21.6 Å². The summed E-state index contributed by atoms with van der Waals surface area (Å²) in [5.74, 6) is -2.05. The highest BCUT2D eigenvalue weighted by atomic mass is 35.5. The van der Waals surface area contributed by atoms with Gasteiger partial charge in [-0.15, -0.1) is 0 Å². The average molecular weight is 969 g/mol. The number of aromatic amines is 2. The van der Waals surface area contributed by atoms with Crippen LogP contribution in [0, 0.1) is 11.7 Å². The molecule has 19 heteroatoms. The lowest BCUT2D eigenvalue weighted by Gasteiger charge is -2.32. The number of piperidine rings is 1. The minimum atomic E-state index is -1.18. The van der Waals surface area contributed by atoms with Crippen LogP contribution in [-0.4, -0.2) is 88.9 Å². The van der Waals surface area contributed by atoms with E-state index in [0.29, 0.717) is 82.5 Å². The molecule has 2 aliphatic rings. The first-order valence-corrected chi connectivity index (χ1v) is 23.2. The molecule has 7 N–H and O–H groups in total. The second-order valence-electron chi connectivity index (χ2n) is 18.0. The van der Waals surface area contributed by atoms with Crippen LogP contribution in [0.25, 0.3) is 28.2 Å². The first-order chi connectivity index (χ1) is 32.5. The van der Waals surface area contributed by atoms with Crippen molar-refractivity contribution in [3.8, 4) is 39.7 Å². The summed E-state index contributed by atoms with van der Waals surface area (Å²) in [6, 6.07) is 16.9. The van der Waals surface area contributed by atoms with Gasteiger partial charge in [-0.05, 0) is 112 Å². The number of hydrogen-bond acceptors (Lipinski definition) is 11. The number of amides is 2. The molecule has 0 spiro atoms. The Kier molecular flexibility index (Phi) is 14.0. The fraction of sp³-hybridized carbons (Fsp3) is 0.347. The van der Waals surface area contributed by atoms with Crippen molar-refractivity contribution in [2.45, 2.75) is 83.5 Å². The number of likely N-dealkylation sites (tertiary alicyclic amines) is 1. The molecule has 1 aliphatic carbocycles. The number of halogens is 3. The predicted octanol–water partition coefficient (Wildman–Crippen LogP) is 7.99. The van der Waals surface area contributed by atoms with Gasteiger partial charge in [0.15, 0.2) is 5.82 Å². The molecule has 6 aromatic rings. The van der Waals surface area contributed by atoms with Crippen LogP contribution in [0.2, 0.25) is 10.0 Å². The monoisotopic (exact) mass is 967 g/mol. The number of nitrogens with zero attached hydrogens (tertiary/aromatic N) is 4. The van der Waals surface area contributed by atoms with Crippen molar-refractivity contribution >= 4 is 46.8 Å². The van der Waals surface area contributed by atoms with Crippen molar-refractivity contribution in [1.82, 2.24) is 40.3 Å². The number of aromatic hydroxyl groups is 2. The van der Waals surface area contributed by atoms with E-state index in [1.807, 2.05) is 38.7 Å². The van der Waals surface area contributed by atoms with Gasteiger partial charge in [0, 0.05) is 58.7 Å². The molecule has 3 aromatic carbocycles. The van der Waals surface area contributed by atoms with Crippen LogP contribution in [0.15, 0.2) is 83.9 Å².